The first-order valence-corrected chi connectivity index (χ1v) is 8.49. The number of carboxylic acid groups (broad SMARTS) is 1. The zero-order chi connectivity index (χ0) is 19.3. The molecule has 0 aliphatic heterocycles. The summed E-state index contributed by atoms with van der Waals surface area (Å²) in [6.07, 6.45) is 1.26. The summed E-state index contributed by atoms with van der Waals surface area (Å²) in [5, 5.41) is 9.39. The zero-order valence-electron chi connectivity index (χ0n) is 14.4. The number of unbranched alkanes of at least 4 members (excludes halogenated alkanes) is 2. The molecule has 1 N–H and O–H groups in total. The average Bonchev–Trinajstić information content (AvgIpc) is 2.59. The lowest BCUT2D eigenvalue weighted by Crippen LogP contribution is -2.11. The van der Waals surface area contributed by atoms with Gasteiger partial charge in [0.15, 0.2) is 17.5 Å². The minimum absolute atomic E-state index is 0.0275. The van der Waals surface area contributed by atoms with Crippen LogP contribution in [0.4, 0.5) is 17.6 Å². The van der Waals surface area contributed by atoms with E-state index in [9.17, 15) is 27.5 Å². The van der Waals surface area contributed by atoms with Gasteiger partial charge in [0.05, 0.1) is 5.56 Å². The Bertz CT molecular complexity index is 766. The molecule has 0 amide bonds. The van der Waals surface area contributed by atoms with Crippen molar-refractivity contribution in [1.82, 2.24) is 0 Å². The van der Waals surface area contributed by atoms with E-state index >= 15 is 0 Å². The van der Waals surface area contributed by atoms with Crippen molar-refractivity contribution in [3.8, 4) is 11.1 Å². The van der Waals surface area contributed by atoms with Crippen LogP contribution in [0.3, 0.4) is 0 Å². The fraction of sp³-hybridized carbons (Fsp3) is 0.350. The van der Waals surface area contributed by atoms with Crippen LogP contribution < -0.4 is 0 Å². The summed E-state index contributed by atoms with van der Waals surface area (Å²) in [6, 6.07) is 5.75. The van der Waals surface area contributed by atoms with Gasteiger partial charge in [-0.15, -0.1) is 0 Å². The van der Waals surface area contributed by atoms with Crippen molar-refractivity contribution in [2.45, 2.75) is 45.2 Å². The molecule has 140 valence electrons. The van der Waals surface area contributed by atoms with Gasteiger partial charge in [0, 0.05) is 6.42 Å². The Kier molecular flexibility index (Phi) is 6.77. The van der Waals surface area contributed by atoms with Crippen molar-refractivity contribution in [2.24, 2.45) is 0 Å². The molecule has 2 aromatic rings. The molecule has 0 saturated heterocycles. The highest BCUT2D eigenvalue weighted by atomic mass is 19.2. The van der Waals surface area contributed by atoms with Crippen LogP contribution in [0.5, 0.6) is 0 Å². The summed E-state index contributed by atoms with van der Waals surface area (Å²) in [6.45, 7) is 1.99. The van der Waals surface area contributed by atoms with Crippen LogP contribution in [0, 0.1) is 17.5 Å². The second-order valence-electron chi connectivity index (χ2n) is 6.19. The minimum atomic E-state index is -1.60. The summed E-state index contributed by atoms with van der Waals surface area (Å²) in [7, 11) is 0. The van der Waals surface area contributed by atoms with E-state index < -0.39 is 29.6 Å². The molecule has 0 bridgehead atoms. The summed E-state index contributed by atoms with van der Waals surface area (Å²) in [5.74, 6) is -5.63. The van der Waals surface area contributed by atoms with Gasteiger partial charge in [-0.1, -0.05) is 38.3 Å². The number of alkyl halides is 1. The number of carbonyl (C=O) groups is 1. The van der Waals surface area contributed by atoms with Crippen LogP contribution in [-0.2, 0) is 6.42 Å². The number of aromatic carboxylic acids is 1. The third-order valence-corrected chi connectivity index (χ3v) is 4.25. The molecular formula is C20H20F4O2. The Balaban J connectivity index is 2.46. The molecule has 1 atom stereocenters. The molecule has 0 aliphatic rings. The first-order chi connectivity index (χ1) is 12.3. The molecule has 0 fully saturated rings. The Morgan fingerprint density at radius 3 is 2.35 bits per heavy atom. The number of halogens is 4. The van der Waals surface area contributed by atoms with E-state index in [4.69, 9.17) is 0 Å². The highest BCUT2D eigenvalue weighted by Crippen LogP contribution is 2.31. The average molecular weight is 368 g/mol. The van der Waals surface area contributed by atoms with Crippen LogP contribution in [0.25, 0.3) is 11.1 Å². The zero-order valence-corrected chi connectivity index (χ0v) is 14.4. The van der Waals surface area contributed by atoms with Gasteiger partial charge < -0.3 is 5.11 Å². The minimum Gasteiger partial charge on any atom is -0.478 e. The third-order valence-electron chi connectivity index (χ3n) is 4.25. The Labute approximate surface area is 149 Å². The van der Waals surface area contributed by atoms with Crippen molar-refractivity contribution in [2.75, 3.05) is 0 Å². The Morgan fingerprint density at radius 2 is 1.77 bits per heavy atom. The maximum absolute atomic E-state index is 14.4. The van der Waals surface area contributed by atoms with Gasteiger partial charge in [-0.25, -0.2) is 22.4 Å². The molecule has 0 aromatic heterocycles. The maximum atomic E-state index is 14.4. The topological polar surface area (TPSA) is 37.3 Å². The Morgan fingerprint density at radius 1 is 1.12 bits per heavy atom. The van der Waals surface area contributed by atoms with Gasteiger partial charge in [-0.2, -0.15) is 0 Å². The molecule has 0 radical (unpaired) electrons. The number of benzene rings is 2. The molecule has 2 aromatic carbocycles. The van der Waals surface area contributed by atoms with E-state index in [-0.39, 0.29) is 35.1 Å². The molecule has 6 heteroatoms. The largest absolute Gasteiger partial charge is 0.478 e. The first-order valence-electron chi connectivity index (χ1n) is 8.49. The van der Waals surface area contributed by atoms with Crippen molar-refractivity contribution in [1.29, 1.82) is 0 Å². The molecular weight excluding hydrogens is 348 g/mol. The summed E-state index contributed by atoms with van der Waals surface area (Å²) >= 11 is 0. The second kappa shape index (κ2) is 8.83. The van der Waals surface area contributed by atoms with Crippen LogP contribution in [0.1, 0.15) is 48.5 Å². The molecule has 1 unspecified atom stereocenters. The van der Waals surface area contributed by atoms with Crippen LogP contribution in [-0.4, -0.2) is 17.2 Å². The predicted molar refractivity (Wildman–Crippen MR) is 91.5 cm³/mol. The van der Waals surface area contributed by atoms with E-state index in [2.05, 4.69) is 0 Å². The van der Waals surface area contributed by atoms with E-state index in [0.717, 1.165) is 25.0 Å². The van der Waals surface area contributed by atoms with Crippen molar-refractivity contribution < 1.29 is 27.5 Å². The molecule has 0 spiro atoms. The predicted octanol–water partition coefficient (Wildman–Crippen LogP) is 5.93. The summed E-state index contributed by atoms with van der Waals surface area (Å²) in [5.41, 5.74) is 0.168. The molecule has 2 nitrogen and oxygen atoms in total. The number of hydrogen-bond acceptors (Lipinski definition) is 1. The van der Waals surface area contributed by atoms with Crippen molar-refractivity contribution in [3.63, 3.8) is 0 Å². The number of hydrogen-bond donors (Lipinski definition) is 1. The summed E-state index contributed by atoms with van der Waals surface area (Å²) in [4.78, 5) is 11.5. The molecule has 26 heavy (non-hydrogen) atoms. The quantitative estimate of drug-likeness (QED) is 0.356. The lowest BCUT2D eigenvalue weighted by molar-refractivity contribution is 0.0695. The van der Waals surface area contributed by atoms with Gasteiger partial charge >= 0.3 is 5.97 Å². The Hall–Kier alpha value is -2.37. The fourth-order valence-corrected chi connectivity index (χ4v) is 2.93. The molecule has 0 aliphatic carbocycles. The van der Waals surface area contributed by atoms with Crippen LogP contribution in [0.2, 0.25) is 0 Å². The van der Waals surface area contributed by atoms with E-state index in [1.807, 2.05) is 6.92 Å². The van der Waals surface area contributed by atoms with Crippen molar-refractivity contribution >= 4 is 5.97 Å². The monoisotopic (exact) mass is 368 g/mol. The fourth-order valence-electron chi connectivity index (χ4n) is 2.93. The maximum Gasteiger partial charge on any atom is 0.335 e. The standard InChI is InChI=1S/C20H20F4O2/c1-2-3-4-6-13(21)11-16-14(7-5-8-15(16)20(25)26)12-9-17(22)19(24)18(23)10-12/h5,7-10,13H,2-4,6,11H2,1H3,(H,25,26). The van der Waals surface area contributed by atoms with Crippen LogP contribution in [0.15, 0.2) is 30.3 Å². The highest BCUT2D eigenvalue weighted by molar-refractivity contribution is 5.92. The van der Waals surface area contributed by atoms with Gasteiger partial charge in [-0.05, 0) is 41.3 Å². The SMILES string of the molecule is CCCCCC(F)Cc1c(C(=O)O)cccc1-c1cc(F)c(F)c(F)c1. The van der Waals surface area contributed by atoms with E-state index in [1.165, 1.54) is 18.2 Å². The molecule has 0 saturated carbocycles. The van der Waals surface area contributed by atoms with Crippen molar-refractivity contribution in [3.05, 3.63) is 58.9 Å². The third kappa shape index (κ3) is 4.62. The smallest absolute Gasteiger partial charge is 0.335 e. The second-order valence-corrected chi connectivity index (χ2v) is 6.19. The van der Waals surface area contributed by atoms with Gasteiger partial charge in [-0.3, -0.25) is 0 Å². The lowest BCUT2D eigenvalue weighted by Gasteiger charge is -2.16. The van der Waals surface area contributed by atoms with Gasteiger partial charge in [0.1, 0.15) is 6.17 Å². The number of carboxylic acids is 1. The highest BCUT2D eigenvalue weighted by Gasteiger charge is 2.21. The number of rotatable bonds is 8. The van der Waals surface area contributed by atoms with E-state index in [1.54, 1.807) is 0 Å². The van der Waals surface area contributed by atoms with E-state index in [0.29, 0.717) is 6.42 Å². The first kappa shape index (κ1) is 19.9. The summed E-state index contributed by atoms with van der Waals surface area (Å²) < 4.78 is 54.7. The normalized spacial score (nSPS) is 12.2. The van der Waals surface area contributed by atoms with Gasteiger partial charge in [0.2, 0.25) is 0 Å². The van der Waals surface area contributed by atoms with Gasteiger partial charge in [0.25, 0.3) is 0 Å². The lowest BCUT2D eigenvalue weighted by atomic mass is 9.90. The molecule has 2 rings (SSSR count). The molecule has 0 heterocycles. The van der Waals surface area contributed by atoms with Crippen LogP contribution >= 0.6 is 0 Å².